The Morgan fingerprint density at radius 1 is 1.11 bits per heavy atom. The molecular weight excluding hydrogens is 228 g/mol. The van der Waals surface area contributed by atoms with E-state index >= 15 is 0 Å². The van der Waals surface area contributed by atoms with Crippen molar-refractivity contribution in [2.75, 3.05) is 0 Å². The van der Waals surface area contributed by atoms with Crippen molar-refractivity contribution in [3.8, 4) is 0 Å². The van der Waals surface area contributed by atoms with Crippen molar-refractivity contribution in [3.05, 3.63) is 0 Å². The number of fused-ring (bicyclic) bond motifs is 1. The number of aliphatic hydroxyl groups excluding tert-OH is 1. The Morgan fingerprint density at radius 3 is 2.67 bits per heavy atom. The maximum absolute atomic E-state index is 12.1. The minimum Gasteiger partial charge on any atom is -0.393 e. The number of hydrogen-bond donors (Lipinski definition) is 3. The number of carbonyl (C=O) groups excluding carboxylic acids is 1. The molecule has 2 aliphatic carbocycles. The monoisotopic (exact) mass is 252 g/mol. The molecule has 0 bridgehead atoms. The number of carbonyl (C=O) groups is 1. The quantitative estimate of drug-likeness (QED) is 0.685. The molecule has 3 unspecified atom stereocenters. The molecule has 1 aliphatic heterocycles. The van der Waals surface area contributed by atoms with Crippen LogP contribution in [-0.4, -0.2) is 35.2 Å². The van der Waals surface area contributed by atoms with E-state index in [4.69, 9.17) is 0 Å². The summed E-state index contributed by atoms with van der Waals surface area (Å²) < 4.78 is 0. The van der Waals surface area contributed by atoms with E-state index in [0.717, 1.165) is 25.2 Å². The molecule has 3 aliphatic rings. The number of aliphatic hydroxyl groups is 1. The molecule has 1 saturated heterocycles. The van der Waals surface area contributed by atoms with E-state index in [2.05, 4.69) is 10.6 Å². The first kappa shape index (κ1) is 12.4. The molecule has 18 heavy (non-hydrogen) atoms. The van der Waals surface area contributed by atoms with Crippen LogP contribution in [0.15, 0.2) is 0 Å². The fourth-order valence-electron chi connectivity index (χ4n) is 3.71. The van der Waals surface area contributed by atoms with Crippen molar-refractivity contribution in [3.63, 3.8) is 0 Å². The summed E-state index contributed by atoms with van der Waals surface area (Å²) in [7, 11) is 0. The highest BCUT2D eigenvalue weighted by atomic mass is 16.3. The van der Waals surface area contributed by atoms with Crippen molar-refractivity contribution in [1.29, 1.82) is 0 Å². The van der Waals surface area contributed by atoms with E-state index in [0.29, 0.717) is 6.04 Å². The van der Waals surface area contributed by atoms with Gasteiger partial charge in [0.1, 0.15) is 0 Å². The van der Waals surface area contributed by atoms with Crippen LogP contribution in [0.2, 0.25) is 0 Å². The second-order valence-corrected chi connectivity index (χ2v) is 6.28. The fraction of sp³-hybridized carbons (Fsp3) is 0.929. The minimum atomic E-state index is -0.197. The van der Waals surface area contributed by atoms with Gasteiger partial charge in [0.15, 0.2) is 0 Å². The summed E-state index contributed by atoms with van der Waals surface area (Å²) in [6, 6.07) is 0.774. The van der Waals surface area contributed by atoms with Gasteiger partial charge in [0.25, 0.3) is 0 Å². The highest BCUT2D eigenvalue weighted by molar-refractivity contribution is 5.82. The van der Waals surface area contributed by atoms with Crippen LogP contribution >= 0.6 is 0 Å². The smallest absolute Gasteiger partial charge is 0.237 e. The minimum absolute atomic E-state index is 0.00194. The lowest BCUT2D eigenvalue weighted by molar-refractivity contribution is -0.126. The summed E-state index contributed by atoms with van der Waals surface area (Å²) in [4.78, 5) is 12.1. The van der Waals surface area contributed by atoms with Gasteiger partial charge in [-0.3, -0.25) is 4.79 Å². The maximum Gasteiger partial charge on any atom is 0.237 e. The zero-order valence-electron chi connectivity index (χ0n) is 10.9. The Hall–Kier alpha value is -0.610. The van der Waals surface area contributed by atoms with Gasteiger partial charge in [0, 0.05) is 12.1 Å². The lowest BCUT2D eigenvalue weighted by atomic mass is 9.77. The van der Waals surface area contributed by atoms with Gasteiger partial charge in [-0.15, -0.1) is 0 Å². The van der Waals surface area contributed by atoms with Crippen LogP contribution in [-0.2, 0) is 4.79 Å². The molecule has 0 radical (unpaired) electrons. The highest BCUT2D eigenvalue weighted by Crippen LogP contribution is 2.32. The summed E-state index contributed by atoms with van der Waals surface area (Å²) in [6.45, 7) is 0. The Labute approximate surface area is 109 Å². The van der Waals surface area contributed by atoms with Crippen LogP contribution < -0.4 is 10.6 Å². The summed E-state index contributed by atoms with van der Waals surface area (Å²) in [5, 5.41) is 15.8. The van der Waals surface area contributed by atoms with E-state index in [9.17, 15) is 9.90 Å². The van der Waals surface area contributed by atoms with Gasteiger partial charge in [-0.05, 0) is 44.4 Å². The third-order valence-corrected chi connectivity index (χ3v) is 4.93. The van der Waals surface area contributed by atoms with Gasteiger partial charge in [-0.2, -0.15) is 0 Å². The van der Waals surface area contributed by atoms with Crippen molar-refractivity contribution in [2.45, 2.75) is 75.6 Å². The molecule has 0 aromatic heterocycles. The number of hydrogen-bond acceptors (Lipinski definition) is 3. The zero-order chi connectivity index (χ0) is 12.5. The highest BCUT2D eigenvalue weighted by Gasteiger charge is 2.36. The molecular formula is C14H24N2O2. The van der Waals surface area contributed by atoms with Crippen molar-refractivity contribution >= 4 is 5.91 Å². The normalized spacial score (nSPS) is 43.7. The molecule has 2 saturated carbocycles. The Kier molecular flexibility index (Phi) is 3.57. The van der Waals surface area contributed by atoms with Crippen LogP contribution in [0, 0.1) is 5.92 Å². The molecule has 1 heterocycles. The maximum atomic E-state index is 12.1. The molecule has 0 aromatic rings. The average molecular weight is 252 g/mol. The number of nitrogens with one attached hydrogen (secondary N) is 2. The number of piperidine rings is 1. The van der Waals surface area contributed by atoms with Crippen molar-refractivity contribution in [2.24, 2.45) is 5.92 Å². The van der Waals surface area contributed by atoms with Gasteiger partial charge < -0.3 is 15.7 Å². The van der Waals surface area contributed by atoms with Gasteiger partial charge in [-0.1, -0.05) is 12.8 Å². The predicted molar refractivity (Wildman–Crippen MR) is 69.1 cm³/mol. The first-order valence-corrected chi connectivity index (χ1v) is 7.47. The van der Waals surface area contributed by atoms with Crippen LogP contribution in [0.5, 0.6) is 0 Å². The topological polar surface area (TPSA) is 61.4 Å². The first-order chi connectivity index (χ1) is 8.72. The molecule has 3 rings (SSSR count). The number of rotatable bonds is 2. The second-order valence-electron chi connectivity index (χ2n) is 6.28. The standard InChI is InChI=1S/C14H24N2O2/c17-11-7-10(8-11)15-14(18)13-6-5-9-3-1-2-4-12(9)16-13/h9-13,16-17H,1-8H2,(H,15,18). The predicted octanol–water partition coefficient (Wildman–Crippen LogP) is 0.937. The summed E-state index contributed by atoms with van der Waals surface area (Å²) in [6.07, 6.45) is 8.66. The average Bonchev–Trinajstić information content (AvgIpc) is 2.36. The number of amides is 1. The van der Waals surface area contributed by atoms with E-state index < -0.39 is 0 Å². The van der Waals surface area contributed by atoms with E-state index in [1.54, 1.807) is 0 Å². The third kappa shape index (κ3) is 2.54. The van der Waals surface area contributed by atoms with Crippen molar-refractivity contribution < 1.29 is 9.90 Å². The van der Waals surface area contributed by atoms with Gasteiger partial charge >= 0.3 is 0 Å². The summed E-state index contributed by atoms with van der Waals surface area (Å²) >= 11 is 0. The molecule has 4 nitrogen and oxygen atoms in total. The molecule has 3 atom stereocenters. The van der Waals surface area contributed by atoms with Crippen LogP contribution in [0.4, 0.5) is 0 Å². The summed E-state index contributed by atoms with van der Waals surface area (Å²) in [5.74, 6) is 0.948. The molecule has 0 aromatic carbocycles. The zero-order valence-corrected chi connectivity index (χ0v) is 10.9. The van der Waals surface area contributed by atoms with E-state index in [-0.39, 0.29) is 24.1 Å². The Balaban J connectivity index is 1.49. The molecule has 0 spiro atoms. The van der Waals surface area contributed by atoms with Crippen LogP contribution in [0.1, 0.15) is 51.4 Å². The van der Waals surface area contributed by atoms with E-state index in [1.165, 1.54) is 32.1 Å². The molecule has 102 valence electrons. The molecule has 3 N–H and O–H groups in total. The second kappa shape index (κ2) is 5.17. The lowest BCUT2D eigenvalue weighted by Crippen LogP contribution is -2.58. The first-order valence-electron chi connectivity index (χ1n) is 7.47. The van der Waals surface area contributed by atoms with Gasteiger partial charge in [-0.25, -0.2) is 0 Å². The molecule has 1 amide bonds. The molecule has 4 heteroatoms. The van der Waals surface area contributed by atoms with Gasteiger partial charge in [0.2, 0.25) is 5.91 Å². The Morgan fingerprint density at radius 2 is 1.89 bits per heavy atom. The lowest BCUT2D eigenvalue weighted by Gasteiger charge is -2.41. The Bertz CT molecular complexity index is 315. The SMILES string of the molecule is O=C(NC1CC(O)C1)C1CCC2CCCCC2N1. The fourth-order valence-corrected chi connectivity index (χ4v) is 3.71. The molecule has 3 fully saturated rings. The largest absolute Gasteiger partial charge is 0.393 e. The van der Waals surface area contributed by atoms with Crippen LogP contribution in [0.25, 0.3) is 0 Å². The van der Waals surface area contributed by atoms with Crippen molar-refractivity contribution in [1.82, 2.24) is 10.6 Å². The van der Waals surface area contributed by atoms with Crippen LogP contribution in [0.3, 0.4) is 0 Å². The summed E-state index contributed by atoms with van der Waals surface area (Å²) in [5.41, 5.74) is 0. The third-order valence-electron chi connectivity index (χ3n) is 4.93. The van der Waals surface area contributed by atoms with E-state index in [1.807, 2.05) is 0 Å². The van der Waals surface area contributed by atoms with Gasteiger partial charge in [0.05, 0.1) is 12.1 Å².